The summed E-state index contributed by atoms with van der Waals surface area (Å²) in [6.07, 6.45) is 12.1. The summed E-state index contributed by atoms with van der Waals surface area (Å²) in [5.74, 6) is 0.109. The lowest BCUT2D eigenvalue weighted by molar-refractivity contribution is -0.132. The molecule has 3 rings (SSSR count). The third kappa shape index (κ3) is 7.72. The molecule has 10 nitrogen and oxygen atoms in total. The third-order valence-corrected chi connectivity index (χ3v) is 6.62. The first-order chi connectivity index (χ1) is 18.2. The maximum absolute atomic E-state index is 13.2. The Bertz CT molecular complexity index is 1320. The summed E-state index contributed by atoms with van der Waals surface area (Å²) in [4.78, 5) is 46.0. The second-order valence-corrected chi connectivity index (χ2v) is 9.36. The molecule has 0 fully saturated rings. The van der Waals surface area contributed by atoms with Crippen LogP contribution < -0.4 is 26.8 Å². The van der Waals surface area contributed by atoms with E-state index < -0.39 is 29.7 Å². The summed E-state index contributed by atoms with van der Waals surface area (Å²) in [6.45, 7) is 2.27. The lowest BCUT2D eigenvalue weighted by atomic mass is 9.95. The number of carboxylic acids is 1. The highest BCUT2D eigenvalue weighted by Crippen LogP contribution is 2.18. The van der Waals surface area contributed by atoms with Crippen molar-refractivity contribution in [2.45, 2.75) is 38.8 Å². The van der Waals surface area contributed by atoms with E-state index in [1.807, 2.05) is 25.1 Å². The number of nitrogens with zero attached hydrogens (tertiary/aromatic N) is 2. The number of hydrogen-bond acceptors (Lipinski definition) is 7. The van der Waals surface area contributed by atoms with Gasteiger partial charge in [-0.3, -0.25) is 15.0 Å². The highest BCUT2D eigenvalue weighted by atomic mass is 31.0. The van der Waals surface area contributed by atoms with Gasteiger partial charge in [-0.1, -0.05) is 42.3 Å². The lowest BCUT2D eigenvalue weighted by Gasteiger charge is -2.22. The Morgan fingerprint density at radius 2 is 1.92 bits per heavy atom. The van der Waals surface area contributed by atoms with E-state index in [4.69, 9.17) is 6.42 Å². The predicted octanol–water partition coefficient (Wildman–Crippen LogP) is 1.86. The molecule has 198 valence electrons. The van der Waals surface area contributed by atoms with Gasteiger partial charge in [0.25, 0.3) is 11.8 Å². The summed E-state index contributed by atoms with van der Waals surface area (Å²) < 4.78 is 0. The zero-order valence-corrected chi connectivity index (χ0v) is 22.4. The highest BCUT2D eigenvalue weighted by Gasteiger charge is 2.24. The van der Waals surface area contributed by atoms with Crippen LogP contribution in [0, 0.1) is 25.2 Å². The molecule has 1 aromatic carbocycles. The number of hydrazine groups is 1. The number of aryl methyl sites for hydroxylation is 1. The van der Waals surface area contributed by atoms with E-state index in [9.17, 15) is 19.5 Å². The van der Waals surface area contributed by atoms with Gasteiger partial charge in [-0.2, -0.15) is 0 Å². The second-order valence-electron chi connectivity index (χ2n) is 8.74. The molecule has 0 saturated carbocycles. The largest absolute Gasteiger partial charge is 0.478 e. The molecule has 2 aromatic rings. The van der Waals surface area contributed by atoms with Crippen molar-refractivity contribution < 1.29 is 19.5 Å². The Labute approximate surface area is 224 Å². The molecule has 1 aliphatic rings. The fraction of sp³-hybridized carbons (Fsp3) is 0.296. The van der Waals surface area contributed by atoms with Gasteiger partial charge in [0.1, 0.15) is 11.4 Å². The number of benzene rings is 1. The Morgan fingerprint density at radius 3 is 2.58 bits per heavy atom. The molecule has 1 aliphatic carbocycles. The molecule has 0 saturated heterocycles. The molecule has 38 heavy (non-hydrogen) atoms. The van der Waals surface area contributed by atoms with Gasteiger partial charge in [-0.25, -0.2) is 20.2 Å². The molecular formula is C27H31N6O4P. The Morgan fingerprint density at radius 1 is 1.18 bits per heavy atom. The van der Waals surface area contributed by atoms with Gasteiger partial charge in [0, 0.05) is 25.7 Å². The van der Waals surface area contributed by atoms with Crippen LogP contribution in [0.3, 0.4) is 0 Å². The summed E-state index contributed by atoms with van der Waals surface area (Å²) in [5, 5.41) is 16.1. The van der Waals surface area contributed by atoms with Gasteiger partial charge >= 0.3 is 5.97 Å². The van der Waals surface area contributed by atoms with E-state index in [-0.39, 0.29) is 29.5 Å². The van der Waals surface area contributed by atoms with Gasteiger partial charge in [-0.15, -0.1) is 15.7 Å². The van der Waals surface area contributed by atoms with Crippen molar-refractivity contribution in [2.24, 2.45) is 5.92 Å². The van der Waals surface area contributed by atoms with E-state index in [1.54, 1.807) is 19.2 Å². The Kier molecular flexibility index (Phi) is 10.1. The van der Waals surface area contributed by atoms with Gasteiger partial charge in [0.2, 0.25) is 5.95 Å². The maximum Gasteiger partial charge on any atom is 0.335 e. The highest BCUT2D eigenvalue weighted by molar-refractivity contribution is 7.27. The first-order valence-electron chi connectivity index (χ1n) is 12.1. The lowest BCUT2D eigenvalue weighted by Crippen LogP contribution is -2.40. The molecule has 0 spiro atoms. The first-order valence-corrected chi connectivity index (χ1v) is 12.6. The Balaban J connectivity index is 1.79. The molecule has 3 unspecified atom stereocenters. The van der Waals surface area contributed by atoms with Gasteiger partial charge in [0.05, 0.1) is 11.5 Å². The fourth-order valence-corrected chi connectivity index (χ4v) is 4.07. The zero-order valence-electron chi connectivity index (χ0n) is 21.2. The van der Waals surface area contributed by atoms with E-state index in [1.165, 1.54) is 12.1 Å². The fourth-order valence-electron chi connectivity index (χ4n) is 3.89. The van der Waals surface area contributed by atoms with Crippen LogP contribution in [0.2, 0.25) is 0 Å². The number of hydrogen-bond donors (Lipinski definition) is 5. The number of carbonyl (C=O) groups excluding carboxylic acids is 2. The maximum atomic E-state index is 13.2. The number of anilines is 1. The van der Waals surface area contributed by atoms with Crippen molar-refractivity contribution >= 4 is 38.3 Å². The molecule has 5 N–H and O–H groups in total. The van der Waals surface area contributed by atoms with Crippen LogP contribution in [0.15, 0.2) is 48.1 Å². The monoisotopic (exact) mass is 534 g/mol. The van der Waals surface area contributed by atoms with Gasteiger partial charge in [-0.05, 0) is 42.6 Å². The van der Waals surface area contributed by atoms with E-state index in [0.717, 1.165) is 16.4 Å². The minimum absolute atomic E-state index is 0.0143. The van der Waals surface area contributed by atoms with Crippen molar-refractivity contribution in [3.63, 3.8) is 0 Å². The topological polar surface area (TPSA) is 145 Å². The quantitative estimate of drug-likeness (QED) is 0.196. The average molecular weight is 535 g/mol. The summed E-state index contributed by atoms with van der Waals surface area (Å²) in [5.41, 5.74) is 7.57. The number of aliphatic carboxylic acids is 1. The normalized spacial score (nSPS) is 19.4. The smallest absolute Gasteiger partial charge is 0.335 e. The summed E-state index contributed by atoms with van der Waals surface area (Å²) >= 11 is 0. The average Bonchev–Trinajstić information content (AvgIpc) is 2.99. The van der Waals surface area contributed by atoms with E-state index >= 15 is 0 Å². The Hall–Kier alpha value is -4.06. The summed E-state index contributed by atoms with van der Waals surface area (Å²) in [7, 11) is 4.27. The molecular weight excluding hydrogens is 503 g/mol. The number of terminal acetylenes is 1. The second kappa shape index (κ2) is 13.5. The van der Waals surface area contributed by atoms with E-state index in [2.05, 4.69) is 46.6 Å². The number of aromatic nitrogens is 2. The van der Waals surface area contributed by atoms with Gasteiger partial charge < -0.3 is 15.7 Å². The van der Waals surface area contributed by atoms with Crippen LogP contribution >= 0.6 is 9.24 Å². The number of allylic oxidation sites excluding steroid dienone is 1. The molecule has 1 heterocycles. The predicted molar refractivity (Wildman–Crippen MR) is 149 cm³/mol. The van der Waals surface area contributed by atoms with Crippen molar-refractivity contribution in [1.29, 1.82) is 0 Å². The molecule has 0 aliphatic heterocycles. The van der Waals surface area contributed by atoms with Crippen molar-refractivity contribution in [3.05, 3.63) is 70.6 Å². The SMILES string of the molecule is C#CC1/C=C\C(C(=O)O)=C/CCCC1NC(=O)c1cc(C(=O)NCc2ccc(P)c(C)c2)nc(NNC)n1. The number of nitrogens with one attached hydrogen (secondary N) is 4. The molecule has 1 aromatic heterocycles. The minimum Gasteiger partial charge on any atom is -0.478 e. The zero-order chi connectivity index (χ0) is 27.7. The van der Waals surface area contributed by atoms with Crippen LogP contribution in [-0.4, -0.2) is 45.9 Å². The van der Waals surface area contributed by atoms with Crippen LogP contribution in [0.1, 0.15) is 51.4 Å². The standard InChI is InChI=1S/C27H31N6O4P/c1-4-18-10-11-19(26(36)37)7-5-6-8-20(18)30-25(35)22-14-21(31-27(32-22)33-28-3)24(34)29-15-17-9-12-23(38)16(2)13-17/h1,7,9-14,18,20,28H,5-6,8,15,38H2,2-3H3,(H,29,34)(H,30,35)(H,36,37)(H,31,32,33)/b11-10-,19-7+. The molecule has 2 amide bonds. The van der Waals surface area contributed by atoms with Crippen LogP contribution in [0.4, 0.5) is 5.95 Å². The molecule has 0 bridgehead atoms. The van der Waals surface area contributed by atoms with Crippen molar-refractivity contribution in [3.8, 4) is 12.3 Å². The number of carbonyl (C=O) groups is 3. The van der Waals surface area contributed by atoms with Crippen LogP contribution in [0.5, 0.6) is 0 Å². The first kappa shape index (κ1) is 28.5. The van der Waals surface area contributed by atoms with Crippen molar-refractivity contribution in [2.75, 3.05) is 12.5 Å². The molecule has 11 heteroatoms. The molecule has 0 radical (unpaired) electrons. The van der Waals surface area contributed by atoms with Crippen LogP contribution in [0.25, 0.3) is 0 Å². The van der Waals surface area contributed by atoms with Gasteiger partial charge in [0.15, 0.2) is 0 Å². The van der Waals surface area contributed by atoms with E-state index in [0.29, 0.717) is 19.3 Å². The van der Waals surface area contributed by atoms with Crippen molar-refractivity contribution in [1.82, 2.24) is 26.0 Å². The van der Waals surface area contributed by atoms with Crippen LogP contribution in [-0.2, 0) is 11.3 Å². The summed E-state index contributed by atoms with van der Waals surface area (Å²) in [6, 6.07) is 6.73. The number of carboxylic acid groups (broad SMARTS) is 1. The number of amides is 2. The number of rotatable bonds is 8. The third-order valence-electron chi connectivity index (χ3n) is 5.97. The molecule has 3 atom stereocenters. The minimum atomic E-state index is -1.03.